The van der Waals surface area contributed by atoms with Gasteiger partial charge in [-0.05, 0) is 18.2 Å². The van der Waals surface area contributed by atoms with E-state index in [2.05, 4.69) is 5.10 Å². The van der Waals surface area contributed by atoms with Crippen LogP contribution in [0.5, 0.6) is 5.75 Å². The third-order valence-corrected chi connectivity index (χ3v) is 3.08. The van der Waals surface area contributed by atoms with E-state index in [1.54, 1.807) is 26.3 Å². The summed E-state index contributed by atoms with van der Waals surface area (Å²) >= 11 is 6.07. The molecule has 0 saturated carbocycles. The first-order chi connectivity index (χ1) is 8.58. The second-order valence-corrected chi connectivity index (χ2v) is 4.29. The van der Waals surface area contributed by atoms with Gasteiger partial charge < -0.3 is 10.5 Å². The zero-order chi connectivity index (χ0) is 13.3. The first kappa shape index (κ1) is 12.7. The van der Waals surface area contributed by atoms with Crippen LogP contribution in [0.3, 0.4) is 0 Å². The molecule has 0 aliphatic carbocycles. The number of hydrogen-bond donors (Lipinski definition) is 2. The van der Waals surface area contributed by atoms with E-state index in [0.29, 0.717) is 22.0 Å². The number of aromatic nitrogens is 2. The Hall–Kier alpha value is -1.72. The van der Waals surface area contributed by atoms with E-state index >= 15 is 0 Å². The Kier molecular flexibility index (Phi) is 3.45. The Morgan fingerprint density at radius 2 is 2.22 bits per heavy atom. The number of ether oxygens (including phenoxy) is 1. The molecule has 1 heterocycles. The zero-order valence-electron chi connectivity index (χ0n) is 10.2. The SMILES string of the molecule is COc1ccc(-c2[nH]n(C)c(=O)c2CN)cc1Cl. The number of hydrogen-bond acceptors (Lipinski definition) is 3. The monoisotopic (exact) mass is 267 g/mol. The highest BCUT2D eigenvalue weighted by Crippen LogP contribution is 2.30. The fraction of sp³-hybridized carbons (Fsp3) is 0.250. The third-order valence-electron chi connectivity index (χ3n) is 2.79. The number of methoxy groups -OCH3 is 1. The minimum Gasteiger partial charge on any atom is -0.495 e. The van der Waals surface area contributed by atoms with Crippen LogP contribution in [0.15, 0.2) is 23.0 Å². The van der Waals surface area contributed by atoms with Crippen molar-refractivity contribution in [3.63, 3.8) is 0 Å². The number of halogens is 1. The summed E-state index contributed by atoms with van der Waals surface area (Å²) in [6.45, 7) is 0.176. The topological polar surface area (TPSA) is 73.0 Å². The summed E-state index contributed by atoms with van der Waals surface area (Å²) in [6.07, 6.45) is 0. The predicted molar refractivity (Wildman–Crippen MR) is 70.9 cm³/mol. The maximum atomic E-state index is 11.8. The molecule has 18 heavy (non-hydrogen) atoms. The van der Waals surface area contributed by atoms with Crippen LogP contribution in [-0.4, -0.2) is 16.9 Å². The molecule has 0 aliphatic rings. The molecule has 0 bridgehead atoms. The first-order valence-corrected chi connectivity index (χ1v) is 5.78. The van der Waals surface area contributed by atoms with E-state index < -0.39 is 0 Å². The molecule has 0 saturated heterocycles. The van der Waals surface area contributed by atoms with Crippen LogP contribution in [-0.2, 0) is 13.6 Å². The maximum Gasteiger partial charge on any atom is 0.271 e. The van der Waals surface area contributed by atoms with Gasteiger partial charge >= 0.3 is 0 Å². The second kappa shape index (κ2) is 4.88. The van der Waals surface area contributed by atoms with Crippen molar-refractivity contribution >= 4 is 11.6 Å². The molecule has 2 aromatic rings. The van der Waals surface area contributed by atoms with E-state index in [-0.39, 0.29) is 12.1 Å². The lowest BCUT2D eigenvalue weighted by Crippen LogP contribution is -2.17. The van der Waals surface area contributed by atoms with Crippen molar-refractivity contribution in [3.8, 4) is 17.0 Å². The molecule has 0 unspecified atom stereocenters. The molecule has 0 spiro atoms. The van der Waals surface area contributed by atoms with E-state index in [4.69, 9.17) is 22.1 Å². The lowest BCUT2D eigenvalue weighted by Gasteiger charge is -2.05. The highest BCUT2D eigenvalue weighted by atomic mass is 35.5. The van der Waals surface area contributed by atoms with Crippen molar-refractivity contribution in [2.75, 3.05) is 7.11 Å². The van der Waals surface area contributed by atoms with Gasteiger partial charge in [0.15, 0.2) is 0 Å². The molecule has 0 aliphatic heterocycles. The Balaban J connectivity index is 2.59. The van der Waals surface area contributed by atoms with Crippen LogP contribution in [0.4, 0.5) is 0 Å². The van der Waals surface area contributed by atoms with Crippen LogP contribution in [0.25, 0.3) is 11.3 Å². The van der Waals surface area contributed by atoms with Gasteiger partial charge in [-0.3, -0.25) is 14.6 Å². The molecule has 0 amide bonds. The summed E-state index contributed by atoms with van der Waals surface area (Å²) in [7, 11) is 3.20. The minimum atomic E-state index is -0.126. The Bertz CT molecular complexity index is 631. The van der Waals surface area contributed by atoms with Crippen molar-refractivity contribution in [3.05, 3.63) is 39.1 Å². The van der Waals surface area contributed by atoms with Crippen LogP contribution in [0.2, 0.25) is 5.02 Å². The number of aromatic amines is 1. The summed E-state index contributed by atoms with van der Waals surface area (Å²) < 4.78 is 6.49. The fourth-order valence-corrected chi connectivity index (χ4v) is 2.10. The molecule has 0 atom stereocenters. The Labute approximate surface area is 109 Å². The lowest BCUT2D eigenvalue weighted by atomic mass is 10.1. The van der Waals surface area contributed by atoms with E-state index in [1.807, 2.05) is 6.07 Å². The zero-order valence-corrected chi connectivity index (χ0v) is 10.9. The normalized spacial score (nSPS) is 10.7. The predicted octanol–water partition coefficient (Wildman–Crippen LogP) is 1.50. The van der Waals surface area contributed by atoms with Gasteiger partial charge in [-0.25, -0.2) is 0 Å². The number of benzene rings is 1. The molecular weight excluding hydrogens is 254 g/mol. The van der Waals surface area contributed by atoms with Crippen molar-refractivity contribution in [2.45, 2.75) is 6.54 Å². The van der Waals surface area contributed by atoms with Gasteiger partial charge in [0.1, 0.15) is 5.75 Å². The molecular formula is C12H14ClN3O2. The molecule has 6 heteroatoms. The lowest BCUT2D eigenvalue weighted by molar-refractivity contribution is 0.415. The quantitative estimate of drug-likeness (QED) is 0.885. The smallest absolute Gasteiger partial charge is 0.271 e. The Morgan fingerprint density at radius 1 is 1.50 bits per heavy atom. The largest absolute Gasteiger partial charge is 0.495 e. The summed E-state index contributed by atoms with van der Waals surface area (Å²) in [5.41, 5.74) is 7.51. The second-order valence-electron chi connectivity index (χ2n) is 3.88. The summed E-state index contributed by atoms with van der Waals surface area (Å²) in [6, 6.07) is 5.32. The summed E-state index contributed by atoms with van der Waals surface area (Å²) in [5.74, 6) is 0.591. The molecule has 3 N–H and O–H groups in total. The van der Waals surface area contributed by atoms with Crippen LogP contribution in [0.1, 0.15) is 5.56 Å². The first-order valence-electron chi connectivity index (χ1n) is 5.40. The number of nitrogens with two attached hydrogens (primary N) is 1. The van der Waals surface area contributed by atoms with Gasteiger partial charge in [0, 0.05) is 19.2 Å². The van der Waals surface area contributed by atoms with Gasteiger partial charge in [0.05, 0.1) is 23.4 Å². The van der Waals surface area contributed by atoms with Crippen LogP contribution >= 0.6 is 11.6 Å². The van der Waals surface area contributed by atoms with Gasteiger partial charge in [-0.1, -0.05) is 11.6 Å². The number of nitrogens with one attached hydrogen (secondary N) is 1. The van der Waals surface area contributed by atoms with Gasteiger partial charge in [0.2, 0.25) is 0 Å². The molecule has 0 radical (unpaired) electrons. The van der Waals surface area contributed by atoms with Gasteiger partial charge in [-0.2, -0.15) is 0 Å². The molecule has 0 fully saturated rings. The van der Waals surface area contributed by atoms with Gasteiger partial charge in [0.25, 0.3) is 5.56 Å². The average Bonchev–Trinajstić information content (AvgIpc) is 2.65. The fourth-order valence-electron chi connectivity index (χ4n) is 1.85. The highest BCUT2D eigenvalue weighted by molar-refractivity contribution is 6.32. The van der Waals surface area contributed by atoms with Crippen molar-refractivity contribution in [1.82, 2.24) is 9.78 Å². The van der Waals surface area contributed by atoms with Crippen molar-refractivity contribution in [2.24, 2.45) is 12.8 Å². The average molecular weight is 268 g/mol. The molecule has 1 aromatic heterocycles. The van der Waals surface area contributed by atoms with Gasteiger partial charge in [-0.15, -0.1) is 0 Å². The minimum absolute atomic E-state index is 0.126. The highest BCUT2D eigenvalue weighted by Gasteiger charge is 2.13. The van der Waals surface area contributed by atoms with Crippen molar-refractivity contribution in [1.29, 1.82) is 0 Å². The van der Waals surface area contributed by atoms with Crippen LogP contribution in [0, 0.1) is 0 Å². The van der Waals surface area contributed by atoms with E-state index in [9.17, 15) is 4.79 Å². The van der Waals surface area contributed by atoms with E-state index in [1.165, 1.54) is 4.68 Å². The van der Waals surface area contributed by atoms with E-state index in [0.717, 1.165) is 5.56 Å². The summed E-state index contributed by atoms with van der Waals surface area (Å²) in [4.78, 5) is 11.8. The molecule has 96 valence electrons. The molecule has 5 nitrogen and oxygen atoms in total. The standard InChI is InChI=1S/C12H14ClN3O2/c1-16-12(17)8(6-14)11(15-16)7-3-4-10(18-2)9(13)5-7/h3-5,15H,6,14H2,1-2H3. The number of rotatable bonds is 3. The number of aryl methyl sites for hydroxylation is 1. The number of H-pyrrole nitrogens is 1. The number of nitrogens with zero attached hydrogens (tertiary/aromatic N) is 1. The van der Waals surface area contributed by atoms with Crippen LogP contribution < -0.4 is 16.0 Å². The van der Waals surface area contributed by atoms with Crippen molar-refractivity contribution < 1.29 is 4.74 Å². The molecule has 2 rings (SSSR count). The Morgan fingerprint density at radius 3 is 2.78 bits per heavy atom. The summed E-state index contributed by atoms with van der Waals surface area (Å²) in [5, 5.41) is 3.46. The molecule has 1 aromatic carbocycles. The maximum absolute atomic E-state index is 11.8. The third kappa shape index (κ3) is 2.02.